The van der Waals surface area contributed by atoms with Crippen LogP contribution in [0.25, 0.3) is 0 Å². The van der Waals surface area contributed by atoms with Crippen LogP contribution < -0.4 is 0 Å². The Hall–Kier alpha value is -0.960. The van der Waals surface area contributed by atoms with Crippen LogP contribution in [-0.4, -0.2) is 15.7 Å². The molecule has 18 heavy (non-hydrogen) atoms. The van der Waals surface area contributed by atoms with E-state index in [2.05, 4.69) is 13.8 Å². The van der Waals surface area contributed by atoms with Crippen LogP contribution in [0.1, 0.15) is 45.6 Å². The second-order valence-electron chi connectivity index (χ2n) is 4.99. The third kappa shape index (κ3) is 4.05. The minimum atomic E-state index is -1.21. The summed E-state index contributed by atoms with van der Waals surface area (Å²) in [5.74, 6) is 0.692. The zero-order valence-electron chi connectivity index (χ0n) is 11.6. The molecular formula is C15H22O2S. The van der Waals surface area contributed by atoms with Crippen LogP contribution in [0.5, 0.6) is 0 Å². The van der Waals surface area contributed by atoms with E-state index in [0.717, 1.165) is 11.3 Å². The average Bonchev–Trinajstić information content (AvgIpc) is 2.37. The third-order valence-corrected chi connectivity index (χ3v) is 4.59. The van der Waals surface area contributed by atoms with Crippen LogP contribution in [-0.2, 0) is 15.6 Å². The number of Topliss-reactive ketones (excluding diaryl/α,β-unsaturated/α-hetero) is 1. The molecule has 0 amide bonds. The van der Waals surface area contributed by atoms with Gasteiger partial charge in [0.25, 0.3) is 0 Å². The van der Waals surface area contributed by atoms with E-state index < -0.39 is 10.8 Å². The highest BCUT2D eigenvalue weighted by atomic mass is 32.2. The van der Waals surface area contributed by atoms with E-state index in [1.54, 1.807) is 0 Å². The molecule has 2 nitrogen and oxygen atoms in total. The van der Waals surface area contributed by atoms with Crippen molar-refractivity contribution < 1.29 is 9.00 Å². The van der Waals surface area contributed by atoms with Gasteiger partial charge in [-0.15, -0.1) is 0 Å². The number of rotatable bonds is 6. The molecule has 0 aliphatic carbocycles. The molecule has 0 saturated heterocycles. The van der Waals surface area contributed by atoms with Gasteiger partial charge in [-0.1, -0.05) is 39.8 Å². The first-order valence-corrected chi connectivity index (χ1v) is 7.78. The van der Waals surface area contributed by atoms with E-state index in [1.165, 1.54) is 5.56 Å². The Bertz CT molecular complexity index is 421. The first-order chi connectivity index (χ1) is 8.45. The molecule has 0 N–H and O–H groups in total. The fraction of sp³-hybridized carbons (Fsp3) is 0.533. The van der Waals surface area contributed by atoms with E-state index in [1.807, 2.05) is 38.1 Å². The highest BCUT2D eigenvalue weighted by Gasteiger charge is 2.15. The van der Waals surface area contributed by atoms with Crippen molar-refractivity contribution in [1.29, 1.82) is 0 Å². The van der Waals surface area contributed by atoms with Crippen molar-refractivity contribution in [2.24, 2.45) is 5.92 Å². The number of ketones is 1. The van der Waals surface area contributed by atoms with Crippen molar-refractivity contribution in [1.82, 2.24) is 0 Å². The number of benzene rings is 1. The van der Waals surface area contributed by atoms with E-state index in [4.69, 9.17) is 0 Å². The molecule has 0 aromatic heterocycles. The maximum atomic E-state index is 12.0. The summed E-state index contributed by atoms with van der Waals surface area (Å²) in [5.41, 5.74) is 1.23. The van der Waals surface area contributed by atoms with Gasteiger partial charge in [0, 0.05) is 10.8 Å². The lowest BCUT2D eigenvalue weighted by Crippen LogP contribution is -2.18. The van der Waals surface area contributed by atoms with Crippen molar-refractivity contribution in [2.45, 2.75) is 44.9 Å². The molecule has 1 aromatic rings. The van der Waals surface area contributed by atoms with E-state index in [-0.39, 0.29) is 17.5 Å². The number of hydrogen-bond donors (Lipinski definition) is 0. The Morgan fingerprint density at radius 3 is 2.17 bits per heavy atom. The fourth-order valence-corrected chi connectivity index (χ4v) is 2.74. The number of carbonyl (C=O) groups excluding carboxylic acids is 1. The maximum Gasteiger partial charge on any atom is 0.148 e. The molecule has 0 spiro atoms. The summed E-state index contributed by atoms with van der Waals surface area (Å²) in [6.45, 7) is 8.11. The van der Waals surface area contributed by atoms with Crippen molar-refractivity contribution in [3.63, 3.8) is 0 Å². The summed E-state index contributed by atoms with van der Waals surface area (Å²) < 4.78 is 12.0. The zero-order chi connectivity index (χ0) is 13.7. The van der Waals surface area contributed by atoms with Gasteiger partial charge in [-0.2, -0.15) is 0 Å². The van der Waals surface area contributed by atoms with Gasteiger partial charge >= 0.3 is 0 Å². The fourth-order valence-electron chi connectivity index (χ4n) is 1.59. The van der Waals surface area contributed by atoms with Crippen molar-refractivity contribution in [3.8, 4) is 0 Å². The predicted molar refractivity (Wildman–Crippen MR) is 76.3 cm³/mol. The van der Waals surface area contributed by atoms with Gasteiger partial charge in [0.15, 0.2) is 0 Å². The molecule has 0 saturated carbocycles. The summed E-state index contributed by atoms with van der Waals surface area (Å²) in [5, 5.41) is 0. The Kier molecular flexibility index (Phi) is 5.73. The lowest BCUT2D eigenvalue weighted by atomic mass is 10.0. The van der Waals surface area contributed by atoms with Gasteiger partial charge < -0.3 is 0 Å². The smallest absolute Gasteiger partial charge is 0.148 e. The minimum absolute atomic E-state index is 0.00360. The number of carbonyl (C=O) groups is 1. The van der Waals surface area contributed by atoms with Gasteiger partial charge in [-0.05, 0) is 30.0 Å². The van der Waals surface area contributed by atoms with Gasteiger partial charge in [-0.3, -0.25) is 9.00 Å². The lowest BCUT2D eigenvalue weighted by molar-refractivity contribution is -0.119. The third-order valence-electron chi connectivity index (χ3n) is 3.25. The Morgan fingerprint density at radius 2 is 1.72 bits per heavy atom. The summed E-state index contributed by atoms with van der Waals surface area (Å²) in [7, 11) is -1.21. The predicted octanol–water partition coefficient (Wildman–Crippen LogP) is 3.53. The monoisotopic (exact) mass is 266 g/mol. The molecule has 0 aliphatic heterocycles. The second-order valence-corrected chi connectivity index (χ2v) is 6.44. The molecule has 0 radical (unpaired) electrons. The minimum Gasteiger partial charge on any atom is -0.298 e. The Labute approximate surface area is 112 Å². The summed E-state index contributed by atoms with van der Waals surface area (Å²) in [4.78, 5) is 12.5. The largest absolute Gasteiger partial charge is 0.298 e. The highest BCUT2D eigenvalue weighted by molar-refractivity contribution is 7.85. The molecule has 0 fully saturated rings. The quantitative estimate of drug-likeness (QED) is 0.789. The van der Waals surface area contributed by atoms with Gasteiger partial charge in [0.1, 0.15) is 5.78 Å². The molecule has 1 rings (SSSR count). The summed E-state index contributed by atoms with van der Waals surface area (Å²) in [6.07, 6.45) is 0.808. The molecule has 0 heterocycles. The Balaban J connectivity index is 2.70. The lowest BCUT2D eigenvalue weighted by Gasteiger charge is -2.09. The summed E-state index contributed by atoms with van der Waals surface area (Å²) >= 11 is 0. The molecular weight excluding hydrogens is 244 g/mol. The molecule has 1 aromatic carbocycles. The van der Waals surface area contributed by atoms with Crippen molar-refractivity contribution >= 4 is 16.6 Å². The van der Waals surface area contributed by atoms with E-state index in [0.29, 0.717) is 5.92 Å². The van der Waals surface area contributed by atoms with E-state index in [9.17, 15) is 9.00 Å². The Morgan fingerprint density at radius 1 is 1.17 bits per heavy atom. The van der Waals surface area contributed by atoms with Crippen molar-refractivity contribution in [3.05, 3.63) is 29.8 Å². The first-order valence-electron chi connectivity index (χ1n) is 6.46. The molecule has 0 aliphatic rings. The van der Waals surface area contributed by atoms with Gasteiger partial charge in [0.05, 0.1) is 16.6 Å². The van der Waals surface area contributed by atoms with Crippen molar-refractivity contribution in [2.75, 3.05) is 5.75 Å². The first kappa shape index (κ1) is 15.1. The van der Waals surface area contributed by atoms with Crippen LogP contribution >= 0.6 is 0 Å². The van der Waals surface area contributed by atoms with Crippen LogP contribution in [0, 0.1) is 5.92 Å². The molecule has 3 heteroatoms. The van der Waals surface area contributed by atoms with Crippen LogP contribution in [0.15, 0.2) is 29.2 Å². The molecule has 2 unspecified atom stereocenters. The topological polar surface area (TPSA) is 34.1 Å². The standard InChI is InChI=1S/C15H22O2S/c1-5-12(4)15(16)10-18(17)14-8-6-13(7-9-14)11(2)3/h6-9,11-12H,5,10H2,1-4H3. The normalized spacial score (nSPS) is 14.5. The molecule has 100 valence electrons. The van der Waals surface area contributed by atoms with Crippen LogP contribution in [0.4, 0.5) is 0 Å². The van der Waals surface area contributed by atoms with E-state index >= 15 is 0 Å². The average molecular weight is 266 g/mol. The van der Waals surface area contributed by atoms with Gasteiger partial charge in [-0.25, -0.2) is 0 Å². The summed E-state index contributed by atoms with van der Waals surface area (Å²) in [6, 6.07) is 7.72. The SMILES string of the molecule is CCC(C)C(=O)CS(=O)c1ccc(C(C)C)cc1. The maximum absolute atomic E-state index is 12.0. The molecule has 2 atom stereocenters. The van der Waals surface area contributed by atoms with Gasteiger partial charge in [0.2, 0.25) is 0 Å². The van der Waals surface area contributed by atoms with Crippen LogP contribution in [0.2, 0.25) is 0 Å². The second kappa shape index (κ2) is 6.83. The molecule has 0 bridgehead atoms. The highest BCUT2D eigenvalue weighted by Crippen LogP contribution is 2.17. The number of hydrogen-bond acceptors (Lipinski definition) is 2. The zero-order valence-corrected chi connectivity index (χ0v) is 12.4. The van der Waals surface area contributed by atoms with Crippen LogP contribution in [0.3, 0.4) is 0 Å².